The Kier molecular flexibility index (Phi) is 33.4. The van der Waals surface area contributed by atoms with E-state index in [2.05, 4.69) is 171 Å². The summed E-state index contributed by atoms with van der Waals surface area (Å²) in [6.07, 6.45) is 15.0. The fraction of sp³-hybridized carbons (Fsp3) is 0.288. The number of rotatable bonds is 0. The molecule has 15 heteroatoms. The van der Waals surface area contributed by atoms with E-state index in [0.717, 1.165) is 28.6 Å². The number of hydrogen-bond donors (Lipinski definition) is 1. The van der Waals surface area contributed by atoms with E-state index in [9.17, 15) is 4.79 Å². The quantitative estimate of drug-likeness (QED) is 0.160. The van der Waals surface area contributed by atoms with Crippen molar-refractivity contribution in [2.24, 2.45) is 21.1 Å². The zero-order valence-corrected chi connectivity index (χ0v) is 59.0. The molecule has 0 bridgehead atoms. The third kappa shape index (κ3) is 28.6. The van der Waals surface area contributed by atoms with Gasteiger partial charge in [0, 0.05) is 123 Å². The molecule has 0 unspecified atom stereocenters. The molecule has 0 fully saturated rings. The Balaban J connectivity index is 0.000000254. The van der Waals surface area contributed by atoms with Gasteiger partial charge in [-0.15, -0.1) is 45.3 Å². The number of H-pyrrole nitrogens is 1. The monoisotopic (exact) mass is 1260 g/mol. The van der Waals surface area contributed by atoms with E-state index in [1.54, 1.807) is 59.6 Å². The number of fused-ring (bicyclic) bond motifs is 2. The molecule has 1 N–H and O–H groups in total. The van der Waals surface area contributed by atoms with Crippen LogP contribution in [-0.4, -0.2) is 43.8 Å². The zero-order chi connectivity index (χ0) is 65.3. The molecule has 13 aromatic rings. The number of aromatic amines is 1. The van der Waals surface area contributed by atoms with Crippen LogP contribution in [0.3, 0.4) is 0 Å². The summed E-state index contributed by atoms with van der Waals surface area (Å²) >= 11 is 7.12. The van der Waals surface area contributed by atoms with Crippen molar-refractivity contribution in [1.29, 1.82) is 0 Å². The number of aromatic nitrogens is 9. The average molecular weight is 1260 g/mol. The Labute approximate surface area is 540 Å². The Hall–Kier alpha value is -8.08. The molecule has 466 valence electrons. The van der Waals surface area contributed by atoms with Crippen LogP contribution in [0.25, 0.3) is 21.5 Å². The SMILES string of the molecule is Cc1c[nH]c(C)c1C.Cc1cc(C)c(C)o1.Cc1cc(C)n(C)n1.Cc1ccc(C)s1.Cc1ccsc1C.Cc1ccsc1C.Cc1cn(C)cn1.Cc1cncc2ccccc12.Cc1cncs1.Cc1nccc2ccccc12.Cn1ccccc1=O. The molecule has 0 saturated carbocycles. The molecule has 0 aliphatic heterocycles. The number of imidazole rings is 1. The van der Waals surface area contributed by atoms with Crippen molar-refractivity contribution in [2.45, 2.75) is 125 Å². The van der Waals surface area contributed by atoms with Gasteiger partial charge in [0.25, 0.3) is 0 Å². The Bertz CT molecular complexity index is 3740. The van der Waals surface area contributed by atoms with E-state index in [1.807, 2.05) is 169 Å². The van der Waals surface area contributed by atoms with Crippen LogP contribution in [-0.2, 0) is 21.1 Å². The van der Waals surface area contributed by atoms with Crippen LogP contribution in [0, 0.1) is 125 Å². The molecule has 13 rings (SSSR count). The molecule has 0 atom stereocenters. The second-order valence-electron chi connectivity index (χ2n) is 21.1. The molecular formula is C73H93N9O2S4. The molecule has 0 radical (unpaired) electrons. The highest BCUT2D eigenvalue weighted by atomic mass is 32.1. The van der Waals surface area contributed by atoms with E-state index < -0.39 is 0 Å². The zero-order valence-electron chi connectivity index (χ0n) is 55.8. The predicted molar refractivity (Wildman–Crippen MR) is 381 cm³/mol. The first-order valence-electron chi connectivity index (χ1n) is 28.9. The van der Waals surface area contributed by atoms with Crippen molar-refractivity contribution in [3.8, 4) is 0 Å². The number of pyridine rings is 3. The molecular weight excluding hydrogens is 1160 g/mol. The lowest BCUT2D eigenvalue weighted by atomic mass is 10.1. The van der Waals surface area contributed by atoms with Crippen molar-refractivity contribution < 1.29 is 4.42 Å². The van der Waals surface area contributed by atoms with Gasteiger partial charge in [0.1, 0.15) is 11.5 Å². The largest absolute Gasteiger partial charge is 0.466 e. The molecule has 11 nitrogen and oxygen atoms in total. The van der Waals surface area contributed by atoms with Gasteiger partial charge in [-0.25, -0.2) is 4.98 Å². The van der Waals surface area contributed by atoms with Crippen molar-refractivity contribution in [2.75, 3.05) is 0 Å². The van der Waals surface area contributed by atoms with Gasteiger partial charge in [-0.1, -0.05) is 54.6 Å². The lowest BCUT2D eigenvalue weighted by Crippen LogP contribution is -2.12. The molecule has 2 aromatic carbocycles. The number of thiophene rings is 3. The highest BCUT2D eigenvalue weighted by molar-refractivity contribution is 7.11. The predicted octanol–water partition coefficient (Wildman–Crippen LogP) is 19.9. The maximum absolute atomic E-state index is 10.6. The number of aryl methyl sites for hydroxylation is 20. The highest BCUT2D eigenvalue weighted by Crippen LogP contribution is 2.18. The van der Waals surface area contributed by atoms with Crippen LogP contribution in [0.2, 0.25) is 0 Å². The fourth-order valence-corrected chi connectivity index (χ4v) is 10.2. The number of nitrogens with one attached hydrogen (secondary N) is 1. The van der Waals surface area contributed by atoms with E-state index in [4.69, 9.17) is 4.42 Å². The average Bonchev–Trinajstić information content (AvgIpc) is 4.28. The van der Waals surface area contributed by atoms with Crippen molar-refractivity contribution >= 4 is 66.9 Å². The highest BCUT2D eigenvalue weighted by Gasteiger charge is 1.98. The summed E-state index contributed by atoms with van der Waals surface area (Å²) in [4.78, 5) is 36.8. The lowest BCUT2D eigenvalue weighted by Gasteiger charge is -1.98. The van der Waals surface area contributed by atoms with Gasteiger partial charge in [-0.05, 0) is 228 Å². The summed E-state index contributed by atoms with van der Waals surface area (Å²) in [5.41, 5.74) is 15.6. The number of benzene rings is 2. The van der Waals surface area contributed by atoms with Gasteiger partial charge in [0.05, 0.1) is 23.2 Å². The van der Waals surface area contributed by atoms with Crippen LogP contribution < -0.4 is 5.56 Å². The smallest absolute Gasteiger partial charge is 0.250 e. The molecule has 0 amide bonds. The van der Waals surface area contributed by atoms with Crippen molar-refractivity contribution in [1.82, 2.24) is 43.8 Å². The topological polar surface area (TPSA) is 125 Å². The summed E-state index contributed by atoms with van der Waals surface area (Å²) in [5, 5.41) is 13.4. The van der Waals surface area contributed by atoms with E-state index >= 15 is 0 Å². The fourth-order valence-electron chi connectivity index (χ4n) is 7.55. The van der Waals surface area contributed by atoms with Gasteiger partial charge in [-0.3, -0.25) is 24.4 Å². The number of furan rings is 1. The summed E-state index contributed by atoms with van der Waals surface area (Å²) in [7, 11) is 5.63. The minimum Gasteiger partial charge on any atom is -0.466 e. The van der Waals surface area contributed by atoms with Crippen molar-refractivity contribution in [3.05, 3.63) is 283 Å². The van der Waals surface area contributed by atoms with Gasteiger partial charge >= 0.3 is 0 Å². The summed E-state index contributed by atoms with van der Waals surface area (Å²) in [5.74, 6) is 2.03. The Morgan fingerprint density at radius 1 is 0.523 bits per heavy atom. The van der Waals surface area contributed by atoms with Gasteiger partial charge < -0.3 is 18.5 Å². The number of thiazole rings is 1. The second-order valence-corrected chi connectivity index (χ2v) is 25.9. The number of nitrogens with zero attached hydrogens (tertiary/aromatic N) is 8. The van der Waals surface area contributed by atoms with E-state index in [-0.39, 0.29) is 5.56 Å². The van der Waals surface area contributed by atoms with Crippen LogP contribution >= 0.6 is 45.3 Å². The first kappa shape index (κ1) is 74.2. The minimum absolute atomic E-state index is 0.0347. The van der Waals surface area contributed by atoms with Crippen LogP contribution in [0.4, 0.5) is 0 Å². The normalized spacial score (nSPS) is 9.69. The van der Waals surface area contributed by atoms with Crippen molar-refractivity contribution in [3.63, 3.8) is 0 Å². The standard InChI is InChI=1S/2C10H9N.C7H11N.C7H10O.C6H10N2.C6H7NO.3C6H8S.C5H8N2.C4H5NS/c1-8-6-11-7-9-4-2-3-5-10(8)9;1-8-10-5-3-2-4-9(10)6-7-11-8;1-5-4-8-7(3)6(5)2;1-5-4-6(2)8-7(5)3;1-5-4-6(2)8(3)7-5;1-7-5-3-2-4-6(7)8;2*1-5-3-4-7-6(5)2;1-5-3-4-6(2)7-5;1-5-3-7(2)4-6-5;1-4-2-5-3-6-4/h2*2-7H,1H3;4,8H,1-3H3;2*4H,1-3H3;2-5H,1H3;4*3-4H,1-2H3;2-3H,1H3. The van der Waals surface area contributed by atoms with Crippen LogP contribution in [0.15, 0.2) is 184 Å². The van der Waals surface area contributed by atoms with Gasteiger partial charge in [0.2, 0.25) is 5.56 Å². The maximum atomic E-state index is 10.6. The van der Waals surface area contributed by atoms with E-state index in [1.165, 1.54) is 101 Å². The third-order valence-electron chi connectivity index (χ3n) is 13.4. The Morgan fingerprint density at radius 3 is 1.42 bits per heavy atom. The van der Waals surface area contributed by atoms with Gasteiger partial charge in [0.15, 0.2) is 0 Å². The first-order chi connectivity index (χ1) is 41.7. The first-order valence-corrected chi connectivity index (χ1v) is 32.4. The minimum atomic E-state index is 0.0347. The number of hydrogen-bond acceptors (Lipinski definition) is 11. The van der Waals surface area contributed by atoms with Crippen LogP contribution in [0.1, 0.15) is 97.8 Å². The van der Waals surface area contributed by atoms with Crippen LogP contribution in [0.5, 0.6) is 0 Å². The van der Waals surface area contributed by atoms with E-state index in [0.29, 0.717) is 0 Å². The molecule has 0 saturated heterocycles. The summed E-state index contributed by atoms with van der Waals surface area (Å²) < 4.78 is 10.5. The molecule has 0 spiro atoms. The molecule has 0 aliphatic carbocycles. The summed E-state index contributed by atoms with van der Waals surface area (Å²) in [6, 6.07) is 36.3. The molecule has 11 aromatic heterocycles. The Morgan fingerprint density at radius 2 is 1.12 bits per heavy atom. The maximum Gasteiger partial charge on any atom is 0.250 e. The molecule has 88 heavy (non-hydrogen) atoms. The summed E-state index contributed by atoms with van der Waals surface area (Å²) in [6.45, 7) is 37.2. The lowest BCUT2D eigenvalue weighted by molar-refractivity contribution is 0.502. The third-order valence-corrected chi connectivity index (χ3v) is 16.9. The molecule has 0 aliphatic rings. The second kappa shape index (κ2) is 39.7. The van der Waals surface area contributed by atoms with Gasteiger partial charge in [-0.2, -0.15) is 5.10 Å². The molecule has 11 heterocycles.